The van der Waals surface area contributed by atoms with Gasteiger partial charge in [-0.25, -0.2) is 4.68 Å². The van der Waals surface area contributed by atoms with Gasteiger partial charge < -0.3 is 4.74 Å². The Hall–Kier alpha value is -3.15. The number of fused-ring (bicyclic) bond motifs is 1. The van der Waals surface area contributed by atoms with Crippen LogP contribution in [0.2, 0.25) is 0 Å². The van der Waals surface area contributed by atoms with Crippen LogP contribution >= 0.6 is 0 Å². The number of amides is 1. The highest BCUT2D eigenvalue weighted by molar-refractivity contribution is 5.91. The van der Waals surface area contributed by atoms with E-state index in [1.165, 1.54) is 6.33 Å². The van der Waals surface area contributed by atoms with Crippen molar-refractivity contribution < 1.29 is 9.53 Å². The molecular formula is C18H16N4O2. The van der Waals surface area contributed by atoms with Crippen molar-refractivity contribution in [2.24, 2.45) is 0 Å². The molecule has 0 saturated carbocycles. The molecule has 1 aromatic heterocycles. The molecule has 120 valence electrons. The first-order valence-corrected chi connectivity index (χ1v) is 7.76. The molecular weight excluding hydrogens is 304 g/mol. The lowest BCUT2D eigenvalue weighted by molar-refractivity contribution is -0.117. The van der Waals surface area contributed by atoms with E-state index >= 15 is 0 Å². The number of nitrogens with zero attached hydrogens (tertiary/aromatic N) is 3. The normalized spacial score (nSPS) is 16.3. The van der Waals surface area contributed by atoms with Crippen molar-refractivity contribution in [1.82, 2.24) is 14.8 Å². The van der Waals surface area contributed by atoms with Crippen molar-refractivity contribution in [3.05, 3.63) is 72.1 Å². The Morgan fingerprint density at radius 2 is 1.92 bits per heavy atom. The Morgan fingerprint density at radius 1 is 1.12 bits per heavy atom. The SMILES string of the molecule is O=C1C[C@H](c2ccccc2OCc2ccccc2)n2ncnc2N1. The highest BCUT2D eigenvalue weighted by atomic mass is 16.5. The van der Waals surface area contributed by atoms with Gasteiger partial charge in [-0.1, -0.05) is 48.5 Å². The van der Waals surface area contributed by atoms with Crippen LogP contribution in [0.3, 0.4) is 0 Å². The Labute approximate surface area is 139 Å². The number of benzene rings is 2. The Morgan fingerprint density at radius 3 is 2.79 bits per heavy atom. The van der Waals surface area contributed by atoms with E-state index in [1.54, 1.807) is 4.68 Å². The minimum Gasteiger partial charge on any atom is -0.489 e. The quantitative estimate of drug-likeness (QED) is 0.802. The fourth-order valence-electron chi connectivity index (χ4n) is 2.87. The van der Waals surface area contributed by atoms with E-state index in [9.17, 15) is 4.79 Å². The molecule has 3 aromatic rings. The van der Waals surface area contributed by atoms with Gasteiger partial charge in [0.1, 0.15) is 18.7 Å². The zero-order valence-corrected chi connectivity index (χ0v) is 12.9. The summed E-state index contributed by atoms with van der Waals surface area (Å²) in [5.41, 5.74) is 2.02. The molecule has 0 fully saturated rings. The Bertz CT molecular complexity index is 860. The van der Waals surface area contributed by atoms with Crippen LogP contribution in [0, 0.1) is 0 Å². The van der Waals surface area contributed by atoms with Crippen LogP contribution < -0.4 is 10.1 Å². The first kappa shape index (κ1) is 14.4. The summed E-state index contributed by atoms with van der Waals surface area (Å²) in [6, 6.07) is 17.5. The maximum Gasteiger partial charge on any atom is 0.229 e. The molecule has 1 N–H and O–H groups in total. The lowest BCUT2D eigenvalue weighted by Gasteiger charge is -2.25. The van der Waals surface area contributed by atoms with Crippen molar-refractivity contribution in [1.29, 1.82) is 0 Å². The second kappa shape index (κ2) is 6.16. The molecule has 0 unspecified atom stereocenters. The van der Waals surface area contributed by atoms with Crippen LogP contribution in [0.5, 0.6) is 5.75 Å². The number of anilines is 1. The van der Waals surface area contributed by atoms with Crippen molar-refractivity contribution in [2.45, 2.75) is 19.1 Å². The van der Waals surface area contributed by atoms with E-state index in [1.807, 2.05) is 54.6 Å². The third-order valence-electron chi connectivity index (χ3n) is 4.01. The van der Waals surface area contributed by atoms with E-state index in [4.69, 9.17) is 4.74 Å². The van der Waals surface area contributed by atoms with E-state index in [0.717, 1.165) is 16.9 Å². The van der Waals surface area contributed by atoms with E-state index in [0.29, 0.717) is 19.0 Å². The Balaban J connectivity index is 1.64. The summed E-state index contributed by atoms with van der Waals surface area (Å²) in [5.74, 6) is 1.15. The van der Waals surface area contributed by atoms with Crippen molar-refractivity contribution in [3.8, 4) is 5.75 Å². The largest absolute Gasteiger partial charge is 0.489 e. The van der Waals surface area contributed by atoms with Crippen LogP contribution in [-0.4, -0.2) is 20.7 Å². The molecule has 1 aliphatic rings. The van der Waals surface area contributed by atoms with Crippen LogP contribution in [0.25, 0.3) is 0 Å². The minimum atomic E-state index is -0.219. The first-order valence-electron chi connectivity index (χ1n) is 7.76. The molecule has 6 nitrogen and oxygen atoms in total. The third-order valence-corrected chi connectivity index (χ3v) is 4.01. The molecule has 24 heavy (non-hydrogen) atoms. The highest BCUT2D eigenvalue weighted by Gasteiger charge is 2.29. The molecule has 2 heterocycles. The molecule has 4 rings (SSSR count). The van der Waals surface area contributed by atoms with Crippen molar-refractivity contribution in [2.75, 3.05) is 5.32 Å². The molecule has 6 heteroatoms. The molecule has 0 spiro atoms. The average Bonchev–Trinajstić information content (AvgIpc) is 3.09. The third kappa shape index (κ3) is 2.74. The maximum absolute atomic E-state index is 12.0. The number of hydrogen-bond acceptors (Lipinski definition) is 4. The smallest absolute Gasteiger partial charge is 0.229 e. The zero-order chi connectivity index (χ0) is 16.4. The van der Waals surface area contributed by atoms with E-state index in [-0.39, 0.29) is 11.9 Å². The number of para-hydroxylation sites is 1. The number of carbonyl (C=O) groups excluding carboxylic acids is 1. The number of rotatable bonds is 4. The van der Waals surface area contributed by atoms with Crippen molar-refractivity contribution >= 4 is 11.9 Å². The molecule has 1 atom stereocenters. The summed E-state index contributed by atoms with van der Waals surface area (Å²) in [6.45, 7) is 0.473. The summed E-state index contributed by atoms with van der Waals surface area (Å²) in [6.07, 6.45) is 1.75. The summed E-state index contributed by atoms with van der Waals surface area (Å²) < 4.78 is 7.74. The van der Waals surface area contributed by atoms with Crippen LogP contribution in [0.1, 0.15) is 23.6 Å². The summed E-state index contributed by atoms with van der Waals surface area (Å²) in [7, 11) is 0. The average molecular weight is 320 g/mol. The van der Waals surface area contributed by atoms with Crippen LogP contribution in [0.4, 0.5) is 5.95 Å². The zero-order valence-electron chi connectivity index (χ0n) is 12.9. The molecule has 0 bridgehead atoms. The maximum atomic E-state index is 12.0. The number of ether oxygens (including phenoxy) is 1. The minimum absolute atomic E-state index is 0.0710. The van der Waals surface area contributed by atoms with Gasteiger partial charge in [-0.15, -0.1) is 0 Å². The van der Waals surface area contributed by atoms with Gasteiger partial charge in [0.05, 0.1) is 12.5 Å². The van der Waals surface area contributed by atoms with Gasteiger partial charge in [-0.05, 0) is 11.6 Å². The van der Waals surface area contributed by atoms with Gasteiger partial charge in [0.2, 0.25) is 11.9 Å². The van der Waals surface area contributed by atoms with Crippen molar-refractivity contribution in [3.63, 3.8) is 0 Å². The molecule has 1 aliphatic heterocycles. The number of carbonyl (C=O) groups is 1. The summed E-state index contributed by atoms with van der Waals surface area (Å²) in [5, 5.41) is 6.97. The lowest BCUT2D eigenvalue weighted by Crippen LogP contribution is -2.29. The molecule has 1 amide bonds. The summed E-state index contributed by atoms with van der Waals surface area (Å²) in [4.78, 5) is 16.1. The number of hydrogen-bond donors (Lipinski definition) is 1. The topological polar surface area (TPSA) is 69.0 Å². The molecule has 0 saturated heterocycles. The molecule has 0 aliphatic carbocycles. The fraction of sp³-hybridized carbons (Fsp3) is 0.167. The molecule has 0 radical (unpaired) electrons. The van der Waals surface area contributed by atoms with Crippen LogP contribution in [0.15, 0.2) is 60.9 Å². The lowest BCUT2D eigenvalue weighted by atomic mass is 10.0. The van der Waals surface area contributed by atoms with E-state index < -0.39 is 0 Å². The number of aromatic nitrogens is 3. The number of nitrogens with one attached hydrogen (secondary N) is 1. The predicted molar refractivity (Wildman–Crippen MR) is 88.6 cm³/mol. The second-order valence-corrected chi connectivity index (χ2v) is 5.61. The van der Waals surface area contributed by atoms with Gasteiger partial charge in [0, 0.05) is 5.56 Å². The monoisotopic (exact) mass is 320 g/mol. The van der Waals surface area contributed by atoms with Gasteiger partial charge in [-0.2, -0.15) is 10.1 Å². The van der Waals surface area contributed by atoms with Gasteiger partial charge in [0.15, 0.2) is 0 Å². The summed E-state index contributed by atoms with van der Waals surface area (Å²) >= 11 is 0. The standard InChI is InChI=1S/C18H16N4O2/c23-17-10-15(22-18(21-17)19-12-20-22)14-8-4-5-9-16(14)24-11-13-6-2-1-3-7-13/h1-9,12,15H,10-11H2,(H,19,20,21,23)/t15-/m1/s1. The second-order valence-electron chi connectivity index (χ2n) is 5.61. The van der Waals surface area contributed by atoms with E-state index in [2.05, 4.69) is 15.4 Å². The molecule has 2 aromatic carbocycles. The highest BCUT2D eigenvalue weighted by Crippen LogP contribution is 2.34. The van der Waals surface area contributed by atoms with Crippen LogP contribution in [-0.2, 0) is 11.4 Å². The Kier molecular flexibility index (Phi) is 3.70. The first-order chi connectivity index (χ1) is 11.8. The predicted octanol–water partition coefficient (Wildman–Crippen LogP) is 2.79. The van der Waals surface area contributed by atoms with Gasteiger partial charge >= 0.3 is 0 Å². The van der Waals surface area contributed by atoms with Gasteiger partial charge in [-0.3, -0.25) is 10.1 Å². The van der Waals surface area contributed by atoms with Gasteiger partial charge in [0.25, 0.3) is 0 Å². The fourth-order valence-corrected chi connectivity index (χ4v) is 2.87.